The molecule has 2 nitrogen and oxygen atoms in total. The van der Waals surface area contributed by atoms with Crippen LogP contribution in [0.2, 0.25) is 0 Å². The zero-order valence-electron chi connectivity index (χ0n) is 7.45. The van der Waals surface area contributed by atoms with Crippen molar-refractivity contribution in [2.45, 2.75) is 26.5 Å². The van der Waals surface area contributed by atoms with Gasteiger partial charge in [-0.2, -0.15) is 0 Å². The highest BCUT2D eigenvalue weighted by Gasteiger charge is 2.09. The number of aliphatic hydroxyl groups is 1. The molecule has 3 heteroatoms. The number of hydrogen-bond donors (Lipinski definition) is 1. The quantitative estimate of drug-likeness (QED) is 0.487. The van der Waals surface area contributed by atoms with Crippen molar-refractivity contribution in [2.24, 2.45) is 0 Å². The van der Waals surface area contributed by atoms with Crippen LogP contribution in [-0.2, 0) is 0 Å². The molecule has 1 unspecified atom stereocenters. The third-order valence-electron chi connectivity index (χ3n) is 1.63. The Labute approximate surface area is 71.0 Å². The van der Waals surface area contributed by atoms with Gasteiger partial charge in [0.05, 0.1) is 0 Å². The predicted octanol–water partition coefficient (Wildman–Crippen LogP) is 1.41. The van der Waals surface area contributed by atoms with E-state index in [1.807, 2.05) is 0 Å². The summed E-state index contributed by atoms with van der Waals surface area (Å²) < 4.78 is 0. The van der Waals surface area contributed by atoms with Crippen LogP contribution in [0.5, 0.6) is 0 Å². The molecule has 0 rings (SSSR count). The van der Waals surface area contributed by atoms with Crippen LogP contribution in [-0.4, -0.2) is 41.8 Å². The third kappa shape index (κ3) is 4.52. The smallest absolute Gasteiger partial charge is 0.114 e. The molecule has 0 aromatic heterocycles. The first-order chi connectivity index (χ1) is 5.26. The Morgan fingerprint density at radius 3 is 2.55 bits per heavy atom. The molecule has 0 aliphatic carbocycles. The fourth-order valence-electron chi connectivity index (χ4n) is 1.04. The first kappa shape index (κ1) is 11.1. The first-order valence-corrected chi connectivity index (χ1v) is 5.37. The molecule has 1 atom stereocenters. The maximum absolute atomic E-state index is 9.52. The fraction of sp³-hybridized carbons (Fsp3) is 0.875. The molecule has 0 aliphatic rings. The lowest BCUT2D eigenvalue weighted by molar-refractivity contribution is 0.0263. The maximum atomic E-state index is 9.52. The SMILES string of the molecule is C=PCC(O)N(CC)CCC. The standard InChI is InChI=1S/C8H18NOP/c1-4-6-9(5-2)8(10)7-11-3/h8,10H,3-7H2,1-2H3. The van der Waals surface area contributed by atoms with E-state index < -0.39 is 0 Å². The summed E-state index contributed by atoms with van der Waals surface area (Å²) in [5.41, 5.74) is 0. The molecule has 0 aromatic rings. The molecule has 66 valence electrons. The Bertz CT molecular complexity index is 108. The van der Waals surface area contributed by atoms with Gasteiger partial charge >= 0.3 is 0 Å². The van der Waals surface area contributed by atoms with E-state index in [2.05, 4.69) is 25.0 Å². The van der Waals surface area contributed by atoms with E-state index in [0.29, 0.717) is 0 Å². The molecule has 0 heterocycles. The third-order valence-corrected chi connectivity index (χ3v) is 2.22. The van der Waals surface area contributed by atoms with Gasteiger partial charge in [-0.3, -0.25) is 4.90 Å². The number of nitrogens with zero attached hydrogens (tertiary/aromatic N) is 1. The monoisotopic (exact) mass is 175 g/mol. The van der Waals surface area contributed by atoms with Crippen LogP contribution in [0.3, 0.4) is 0 Å². The van der Waals surface area contributed by atoms with Crippen LogP contribution in [0.15, 0.2) is 0 Å². The highest BCUT2D eigenvalue weighted by atomic mass is 31.1. The van der Waals surface area contributed by atoms with E-state index in [-0.39, 0.29) is 6.23 Å². The van der Waals surface area contributed by atoms with Gasteiger partial charge < -0.3 is 5.11 Å². The average molecular weight is 175 g/mol. The van der Waals surface area contributed by atoms with Gasteiger partial charge in [-0.15, -0.1) is 8.20 Å². The summed E-state index contributed by atoms with van der Waals surface area (Å²) in [5, 5.41) is 9.52. The largest absolute Gasteiger partial charge is 0.378 e. The lowest BCUT2D eigenvalue weighted by atomic mass is 10.4. The van der Waals surface area contributed by atoms with Crippen molar-refractivity contribution in [3.8, 4) is 0 Å². The lowest BCUT2D eigenvalue weighted by Crippen LogP contribution is -2.36. The molecule has 0 bridgehead atoms. The van der Waals surface area contributed by atoms with Crippen LogP contribution in [0.4, 0.5) is 0 Å². The molecule has 0 fully saturated rings. The van der Waals surface area contributed by atoms with Gasteiger partial charge in [-0.05, 0) is 13.0 Å². The summed E-state index contributed by atoms with van der Waals surface area (Å²) in [5.74, 6) is 0. The molecular weight excluding hydrogens is 157 g/mol. The molecule has 1 N–H and O–H groups in total. The van der Waals surface area contributed by atoms with Gasteiger partial charge in [0.25, 0.3) is 0 Å². The Hall–Kier alpha value is 0.0900. The molecule has 0 spiro atoms. The second-order valence-corrected chi connectivity index (χ2v) is 3.33. The van der Waals surface area contributed by atoms with E-state index in [9.17, 15) is 5.11 Å². The normalized spacial score (nSPS) is 14.2. The lowest BCUT2D eigenvalue weighted by Gasteiger charge is -2.24. The van der Waals surface area contributed by atoms with Gasteiger partial charge in [0.15, 0.2) is 0 Å². The molecule has 0 saturated heterocycles. The second-order valence-electron chi connectivity index (χ2n) is 2.52. The van der Waals surface area contributed by atoms with Gasteiger partial charge in [-0.25, -0.2) is 0 Å². The Kier molecular flexibility index (Phi) is 6.83. The number of aliphatic hydroxyl groups excluding tert-OH is 1. The summed E-state index contributed by atoms with van der Waals surface area (Å²) in [6.07, 6.45) is 5.25. The fourth-order valence-corrected chi connectivity index (χ4v) is 1.50. The van der Waals surface area contributed by atoms with E-state index in [1.165, 1.54) is 0 Å². The summed E-state index contributed by atoms with van der Waals surface area (Å²) in [6, 6.07) is 0. The Morgan fingerprint density at radius 1 is 1.55 bits per heavy atom. The van der Waals surface area contributed by atoms with Crippen LogP contribution in [0.25, 0.3) is 0 Å². The summed E-state index contributed by atoms with van der Waals surface area (Å²) in [6.45, 7) is 6.09. The number of rotatable bonds is 6. The van der Waals surface area contributed by atoms with Crippen LogP contribution < -0.4 is 0 Å². The molecule has 0 aromatic carbocycles. The predicted molar refractivity (Wildman–Crippen MR) is 52.5 cm³/mol. The van der Waals surface area contributed by atoms with Gasteiger partial charge in [0.1, 0.15) is 6.23 Å². The summed E-state index contributed by atoms with van der Waals surface area (Å²) in [4.78, 5) is 2.07. The van der Waals surface area contributed by atoms with Crippen LogP contribution in [0.1, 0.15) is 20.3 Å². The highest BCUT2D eigenvalue weighted by Crippen LogP contribution is 2.03. The Morgan fingerprint density at radius 2 is 2.18 bits per heavy atom. The van der Waals surface area contributed by atoms with Crippen molar-refractivity contribution in [3.63, 3.8) is 0 Å². The second kappa shape index (κ2) is 6.78. The topological polar surface area (TPSA) is 23.5 Å². The van der Waals surface area contributed by atoms with E-state index >= 15 is 0 Å². The Balaban J connectivity index is 3.70. The van der Waals surface area contributed by atoms with E-state index in [4.69, 9.17) is 0 Å². The molecule has 0 aliphatic heterocycles. The van der Waals surface area contributed by atoms with Gasteiger partial charge in [-0.1, -0.05) is 20.1 Å². The zero-order chi connectivity index (χ0) is 8.69. The van der Waals surface area contributed by atoms with Crippen molar-refractivity contribution < 1.29 is 5.11 Å². The van der Waals surface area contributed by atoms with Crippen molar-refractivity contribution in [1.82, 2.24) is 4.90 Å². The summed E-state index contributed by atoms with van der Waals surface area (Å²) >= 11 is 0. The van der Waals surface area contributed by atoms with Gasteiger partial charge in [0.2, 0.25) is 0 Å². The molecule has 0 saturated carbocycles. The van der Waals surface area contributed by atoms with Crippen LogP contribution >= 0.6 is 8.20 Å². The van der Waals surface area contributed by atoms with Crippen molar-refractivity contribution >= 4 is 14.5 Å². The zero-order valence-corrected chi connectivity index (χ0v) is 8.35. The van der Waals surface area contributed by atoms with Gasteiger partial charge in [0, 0.05) is 12.7 Å². The summed E-state index contributed by atoms with van der Waals surface area (Å²) in [7, 11) is 1.02. The average Bonchev–Trinajstić information content (AvgIpc) is 2.00. The minimum atomic E-state index is -0.292. The minimum absolute atomic E-state index is 0.292. The van der Waals surface area contributed by atoms with E-state index in [1.54, 1.807) is 0 Å². The first-order valence-electron chi connectivity index (χ1n) is 4.10. The molecule has 11 heavy (non-hydrogen) atoms. The van der Waals surface area contributed by atoms with Crippen molar-refractivity contribution in [3.05, 3.63) is 0 Å². The number of hydrogen-bond acceptors (Lipinski definition) is 2. The minimum Gasteiger partial charge on any atom is -0.378 e. The molecule has 0 radical (unpaired) electrons. The van der Waals surface area contributed by atoms with Crippen LogP contribution in [0, 0.1) is 0 Å². The molecular formula is C8H18NOP. The van der Waals surface area contributed by atoms with E-state index in [0.717, 1.165) is 33.9 Å². The highest BCUT2D eigenvalue weighted by molar-refractivity contribution is 7.36. The molecule has 0 amide bonds. The van der Waals surface area contributed by atoms with Crippen molar-refractivity contribution in [2.75, 3.05) is 19.3 Å². The maximum Gasteiger partial charge on any atom is 0.114 e. The van der Waals surface area contributed by atoms with Crippen molar-refractivity contribution in [1.29, 1.82) is 0 Å².